The van der Waals surface area contributed by atoms with Crippen LogP contribution in [-0.4, -0.2) is 34.6 Å². The Balaban J connectivity index is 2.03. The first-order valence-electron chi connectivity index (χ1n) is 6.32. The van der Waals surface area contributed by atoms with Crippen molar-refractivity contribution in [3.05, 3.63) is 30.0 Å². The SMILES string of the molecule is Cc1cc2cc(NC(=O)C(=O)NCC(C)O)ccc2[nH]1. The van der Waals surface area contributed by atoms with Gasteiger partial charge in [-0.15, -0.1) is 0 Å². The second-order valence-corrected chi connectivity index (χ2v) is 4.77. The largest absolute Gasteiger partial charge is 0.392 e. The smallest absolute Gasteiger partial charge is 0.313 e. The van der Waals surface area contributed by atoms with Gasteiger partial charge >= 0.3 is 11.8 Å². The van der Waals surface area contributed by atoms with Crippen molar-refractivity contribution in [3.8, 4) is 0 Å². The van der Waals surface area contributed by atoms with Gasteiger partial charge in [-0.1, -0.05) is 0 Å². The van der Waals surface area contributed by atoms with Gasteiger partial charge in [0.05, 0.1) is 6.10 Å². The average molecular weight is 275 g/mol. The molecule has 20 heavy (non-hydrogen) atoms. The zero-order valence-electron chi connectivity index (χ0n) is 11.4. The third-order valence-electron chi connectivity index (χ3n) is 2.78. The van der Waals surface area contributed by atoms with Crippen LogP contribution >= 0.6 is 0 Å². The Morgan fingerprint density at radius 2 is 2.05 bits per heavy atom. The van der Waals surface area contributed by atoms with Crippen LogP contribution in [-0.2, 0) is 9.59 Å². The third-order valence-corrected chi connectivity index (χ3v) is 2.78. The molecule has 0 aliphatic carbocycles. The van der Waals surface area contributed by atoms with Crippen molar-refractivity contribution in [1.29, 1.82) is 0 Å². The minimum Gasteiger partial charge on any atom is -0.392 e. The predicted octanol–water partition coefficient (Wildman–Crippen LogP) is 0.912. The minimum atomic E-state index is -0.767. The second kappa shape index (κ2) is 5.75. The lowest BCUT2D eigenvalue weighted by Crippen LogP contribution is -2.38. The maximum atomic E-state index is 11.7. The summed E-state index contributed by atoms with van der Waals surface area (Å²) in [7, 11) is 0. The number of aliphatic hydroxyl groups excluding tert-OH is 1. The van der Waals surface area contributed by atoms with E-state index in [-0.39, 0.29) is 6.54 Å². The number of aliphatic hydroxyl groups is 1. The molecule has 4 N–H and O–H groups in total. The van der Waals surface area contributed by atoms with Crippen LogP contribution in [0.15, 0.2) is 24.3 Å². The van der Waals surface area contributed by atoms with Gasteiger partial charge in [-0.05, 0) is 38.1 Å². The number of benzene rings is 1. The molecule has 0 saturated heterocycles. The van der Waals surface area contributed by atoms with Crippen molar-refractivity contribution in [2.45, 2.75) is 20.0 Å². The zero-order valence-corrected chi connectivity index (χ0v) is 11.4. The molecule has 1 aromatic carbocycles. The number of anilines is 1. The molecule has 0 saturated carbocycles. The quantitative estimate of drug-likeness (QED) is 0.627. The molecule has 2 aromatic rings. The summed E-state index contributed by atoms with van der Waals surface area (Å²) < 4.78 is 0. The molecule has 1 atom stereocenters. The van der Waals surface area contributed by atoms with Gasteiger partial charge in [-0.2, -0.15) is 0 Å². The monoisotopic (exact) mass is 275 g/mol. The number of amides is 2. The topological polar surface area (TPSA) is 94.2 Å². The fourth-order valence-corrected chi connectivity index (χ4v) is 1.86. The van der Waals surface area contributed by atoms with Gasteiger partial charge in [0.25, 0.3) is 0 Å². The van der Waals surface area contributed by atoms with Crippen molar-refractivity contribution in [2.75, 3.05) is 11.9 Å². The van der Waals surface area contributed by atoms with Crippen LogP contribution in [0.25, 0.3) is 10.9 Å². The average Bonchev–Trinajstić information content (AvgIpc) is 2.75. The van der Waals surface area contributed by atoms with Crippen LogP contribution in [0.4, 0.5) is 5.69 Å². The van der Waals surface area contributed by atoms with E-state index in [0.29, 0.717) is 5.69 Å². The highest BCUT2D eigenvalue weighted by atomic mass is 16.3. The first-order valence-corrected chi connectivity index (χ1v) is 6.32. The Morgan fingerprint density at radius 1 is 1.30 bits per heavy atom. The fraction of sp³-hybridized carbons (Fsp3) is 0.286. The molecule has 0 fully saturated rings. The van der Waals surface area contributed by atoms with Crippen LogP contribution in [0.3, 0.4) is 0 Å². The molecule has 0 aliphatic rings. The molecule has 2 rings (SSSR count). The van der Waals surface area contributed by atoms with Gasteiger partial charge in [-0.25, -0.2) is 0 Å². The molecule has 6 nitrogen and oxygen atoms in total. The van der Waals surface area contributed by atoms with E-state index in [1.54, 1.807) is 12.1 Å². The van der Waals surface area contributed by atoms with Gasteiger partial charge in [0.1, 0.15) is 0 Å². The molecular formula is C14H17N3O3. The van der Waals surface area contributed by atoms with Crippen molar-refractivity contribution in [1.82, 2.24) is 10.3 Å². The van der Waals surface area contributed by atoms with Crippen LogP contribution in [0.2, 0.25) is 0 Å². The molecular weight excluding hydrogens is 258 g/mol. The molecule has 1 unspecified atom stereocenters. The molecule has 0 bridgehead atoms. The molecule has 6 heteroatoms. The molecule has 0 spiro atoms. The standard InChI is InChI=1S/C14H17N3O3/c1-8-5-10-6-11(3-4-12(10)16-8)17-14(20)13(19)15-7-9(2)18/h3-6,9,16,18H,7H2,1-2H3,(H,15,19)(H,17,20). The van der Waals surface area contributed by atoms with E-state index >= 15 is 0 Å². The Bertz CT molecular complexity index is 646. The lowest BCUT2D eigenvalue weighted by Gasteiger charge is -2.07. The summed E-state index contributed by atoms with van der Waals surface area (Å²) >= 11 is 0. The number of fused-ring (bicyclic) bond motifs is 1. The van der Waals surface area contributed by atoms with E-state index in [1.165, 1.54) is 6.92 Å². The van der Waals surface area contributed by atoms with Gasteiger partial charge < -0.3 is 20.7 Å². The highest BCUT2D eigenvalue weighted by Crippen LogP contribution is 2.19. The van der Waals surface area contributed by atoms with Crippen LogP contribution in [0.1, 0.15) is 12.6 Å². The van der Waals surface area contributed by atoms with Gasteiger partial charge in [0, 0.05) is 28.8 Å². The summed E-state index contributed by atoms with van der Waals surface area (Å²) in [5.41, 5.74) is 2.55. The number of hydrogen-bond donors (Lipinski definition) is 4. The Kier molecular flexibility index (Phi) is 4.05. The van der Waals surface area contributed by atoms with Gasteiger partial charge in [0.2, 0.25) is 0 Å². The maximum Gasteiger partial charge on any atom is 0.313 e. The van der Waals surface area contributed by atoms with Crippen molar-refractivity contribution < 1.29 is 14.7 Å². The third kappa shape index (κ3) is 3.36. The minimum absolute atomic E-state index is 0.0439. The lowest BCUT2D eigenvalue weighted by atomic mass is 10.2. The van der Waals surface area contributed by atoms with E-state index in [2.05, 4.69) is 15.6 Å². The first kappa shape index (κ1) is 14.1. The van der Waals surface area contributed by atoms with Gasteiger partial charge in [-0.3, -0.25) is 9.59 Å². The number of aromatic amines is 1. The summed E-state index contributed by atoms with van der Waals surface area (Å²) in [5.74, 6) is -1.52. The molecule has 0 aliphatic heterocycles. The van der Waals surface area contributed by atoms with E-state index < -0.39 is 17.9 Å². The normalized spacial score (nSPS) is 12.2. The van der Waals surface area contributed by atoms with Crippen LogP contribution in [0, 0.1) is 6.92 Å². The second-order valence-electron chi connectivity index (χ2n) is 4.77. The van der Waals surface area contributed by atoms with E-state index in [9.17, 15) is 9.59 Å². The zero-order chi connectivity index (χ0) is 14.7. The van der Waals surface area contributed by atoms with Crippen molar-refractivity contribution >= 4 is 28.4 Å². The lowest BCUT2D eigenvalue weighted by molar-refractivity contribution is -0.136. The summed E-state index contributed by atoms with van der Waals surface area (Å²) in [6.07, 6.45) is -0.689. The van der Waals surface area contributed by atoms with Gasteiger partial charge in [0.15, 0.2) is 0 Å². The Hall–Kier alpha value is -2.34. The highest BCUT2D eigenvalue weighted by molar-refractivity contribution is 6.39. The number of carbonyl (C=O) groups excluding carboxylic acids is 2. The van der Waals surface area contributed by atoms with E-state index in [0.717, 1.165) is 16.6 Å². The summed E-state index contributed by atoms with van der Waals surface area (Å²) in [6, 6.07) is 7.31. The summed E-state index contributed by atoms with van der Waals surface area (Å²) in [6.45, 7) is 3.52. The number of hydrogen-bond acceptors (Lipinski definition) is 3. The fourth-order valence-electron chi connectivity index (χ4n) is 1.86. The van der Waals surface area contributed by atoms with Crippen molar-refractivity contribution in [2.24, 2.45) is 0 Å². The number of carbonyl (C=O) groups is 2. The number of nitrogens with one attached hydrogen (secondary N) is 3. The Morgan fingerprint density at radius 3 is 2.75 bits per heavy atom. The molecule has 106 valence electrons. The van der Waals surface area contributed by atoms with E-state index in [1.807, 2.05) is 19.1 Å². The molecule has 2 amide bonds. The number of H-pyrrole nitrogens is 1. The predicted molar refractivity (Wildman–Crippen MR) is 76.4 cm³/mol. The van der Waals surface area contributed by atoms with Crippen LogP contribution < -0.4 is 10.6 Å². The van der Waals surface area contributed by atoms with Crippen LogP contribution in [0.5, 0.6) is 0 Å². The summed E-state index contributed by atoms with van der Waals surface area (Å²) in [5, 5.41) is 14.9. The highest BCUT2D eigenvalue weighted by Gasteiger charge is 2.14. The van der Waals surface area contributed by atoms with Crippen molar-refractivity contribution in [3.63, 3.8) is 0 Å². The molecule has 0 radical (unpaired) electrons. The Labute approximate surface area is 116 Å². The first-order chi connectivity index (χ1) is 9.45. The maximum absolute atomic E-state index is 11.7. The summed E-state index contributed by atoms with van der Waals surface area (Å²) in [4.78, 5) is 26.3. The molecule has 1 heterocycles. The molecule has 1 aromatic heterocycles. The number of aromatic nitrogens is 1. The number of rotatable bonds is 3. The van der Waals surface area contributed by atoms with E-state index in [4.69, 9.17) is 5.11 Å². The number of aryl methyl sites for hydroxylation is 1.